The number of piperidine rings is 1. The maximum Gasteiger partial charge on any atom is 0.158 e. The Morgan fingerprint density at radius 1 is 1.21 bits per heavy atom. The predicted molar refractivity (Wildman–Crippen MR) is 114 cm³/mol. The van der Waals surface area contributed by atoms with Crippen LogP contribution in [0, 0.1) is 0 Å². The van der Waals surface area contributed by atoms with Crippen LogP contribution in [-0.2, 0) is 6.54 Å². The number of hydrogen-bond donors (Lipinski definition) is 2. The van der Waals surface area contributed by atoms with Gasteiger partial charge in [-0.15, -0.1) is 5.10 Å². The van der Waals surface area contributed by atoms with Crippen molar-refractivity contribution in [2.75, 3.05) is 18.4 Å². The first kappa shape index (κ1) is 18.2. The van der Waals surface area contributed by atoms with Crippen LogP contribution in [0.1, 0.15) is 18.4 Å². The highest BCUT2D eigenvalue weighted by atomic mass is 32.1. The summed E-state index contributed by atoms with van der Waals surface area (Å²) in [6.07, 6.45) is 5.66. The summed E-state index contributed by atoms with van der Waals surface area (Å²) in [5, 5.41) is 13.9. The van der Waals surface area contributed by atoms with Crippen molar-refractivity contribution in [2.24, 2.45) is 5.73 Å². The maximum absolute atomic E-state index is 6.05. The van der Waals surface area contributed by atoms with Crippen LogP contribution in [0.2, 0.25) is 0 Å². The Hall–Kier alpha value is -2.88. The molecule has 0 atom stereocenters. The van der Waals surface area contributed by atoms with Crippen molar-refractivity contribution >= 4 is 28.6 Å². The van der Waals surface area contributed by atoms with Crippen molar-refractivity contribution < 1.29 is 0 Å². The lowest BCUT2D eigenvalue weighted by atomic mass is 10.1. The number of likely N-dealkylation sites (tertiary alicyclic amines) is 1. The lowest BCUT2D eigenvalue weighted by molar-refractivity contribution is 0.206. The number of nitrogens with two attached hydrogens (primary N) is 1. The van der Waals surface area contributed by atoms with Crippen molar-refractivity contribution in [2.45, 2.75) is 25.4 Å². The number of benzene rings is 1. The normalized spacial score (nSPS) is 15.8. The fraction of sp³-hybridized carbons (Fsp3) is 0.300. The molecule has 0 unspecified atom stereocenters. The van der Waals surface area contributed by atoms with Gasteiger partial charge in [-0.05, 0) is 61.2 Å². The Balaban J connectivity index is 1.43. The van der Waals surface area contributed by atoms with Crippen molar-refractivity contribution in [3.8, 4) is 11.3 Å². The summed E-state index contributed by atoms with van der Waals surface area (Å²) in [5.41, 5.74) is 11.1. The number of rotatable bonds is 5. The van der Waals surface area contributed by atoms with Crippen LogP contribution in [0.5, 0.6) is 0 Å². The molecule has 1 fully saturated rings. The smallest absolute Gasteiger partial charge is 0.158 e. The Kier molecular flexibility index (Phi) is 4.92. The van der Waals surface area contributed by atoms with Gasteiger partial charge in [0, 0.05) is 35.4 Å². The molecule has 0 amide bonds. The molecule has 148 valence electrons. The van der Waals surface area contributed by atoms with Crippen molar-refractivity contribution in [3.05, 3.63) is 53.8 Å². The summed E-state index contributed by atoms with van der Waals surface area (Å²) in [7, 11) is 0. The van der Waals surface area contributed by atoms with Gasteiger partial charge < -0.3 is 11.1 Å². The molecule has 1 aromatic carbocycles. The van der Waals surface area contributed by atoms with Crippen molar-refractivity contribution in [3.63, 3.8) is 0 Å². The Bertz CT molecular complexity index is 1100. The van der Waals surface area contributed by atoms with Crippen molar-refractivity contribution in [1.29, 1.82) is 0 Å². The van der Waals surface area contributed by atoms with E-state index >= 15 is 0 Å². The van der Waals surface area contributed by atoms with Crippen molar-refractivity contribution in [1.82, 2.24) is 29.1 Å². The van der Waals surface area contributed by atoms with E-state index < -0.39 is 0 Å². The molecule has 4 aromatic rings. The molecule has 9 heteroatoms. The maximum atomic E-state index is 6.05. The third kappa shape index (κ3) is 3.84. The summed E-state index contributed by atoms with van der Waals surface area (Å²) in [4.78, 5) is 6.97. The predicted octanol–water partition coefficient (Wildman–Crippen LogP) is 2.91. The zero-order valence-corrected chi connectivity index (χ0v) is 16.7. The first-order chi connectivity index (χ1) is 14.3. The third-order valence-electron chi connectivity index (χ3n) is 5.34. The van der Waals surface area contributed by atoms with Crippen LogP contribution < -0.4 is 11.1 Å². The second kappa shape index (κ2) is 7.86. The summed E-state index contributed by atoms with van der Waals surface area (Å²) in [6, 6.07) is 10.6. The minimum absolute atomic E-state index is 0.331. The summed E-state index contributed by atoms with van der Waals surface area (Å²) >= 11 is 1.35. The average molecular weight is 407 g/mol. The van der Waals surface area contributed by atoms with Gasteiger partial charge in [0.2, 0.25) is 0 Å². The van der Waals surface area contributed by atoms with Gasteiger partial charge in [-0.2, -0.15) is 5.10 Å². The van der Waals surface area contributed by atoms with E-state index in [1.807, 2.05) is 34.3 Å². The fourth-order valence-corrected chi connectivity index (χ4v) is 4.24. The highest BCUT2D eigenvalue weighted by Gasteiger charge is 2.19. The van der Waals surface area contributed by atoms with Crippen LogP contribution >= 0.6 is 11.5 Å². The van der Waals surface area contributed by atoms with E-state index in [1.54, 1.807) is 6.33 Å². The van der Waals surface area contributed by atoms with E-state index in [4.69, 9.17) is 5.73 Å². The molecule has 0 spiro atoms. The molecule has 29 heavy (non-hydrogen) atoms. The lowest BCUT2D eigenvalue weighted by Crippen LogP contribution is -2.39. The van der Waals surface area contributed by atoms with Crippen LogP contribution in [-0.4, -0.2) is 48.2 Å². The van der Waals surface area contributed by atoms with E-state index in [0.29, 0.717) is 6.04 Å². The first-order valence-corrected chi connectivity index (χ1v) is 10.5. The van der Waals surface area contributed by atoms with Gasteiger partial charge >= 0.3 is 0 Å². The minimum atomic E-state index is 0.331. The molecular weight excluding hydrogens is 384 g/mol. The summed E-state index contributed by atoms with van der Waals surface area (Å²) < 4.78 is 5.84. The third-order valence-corrected chi connectivity index (χ3v) is 5.85. The molecule has 0 bridgehead atoms. The van der Waals surface area contributed by atoms with E-state index in [2.05, 4.69) is 42.0 Å². The molecule has 1 aliphatic rings. The molecule has 5 rings (SSSR count). The molecule has 8 nitrogen and oxygen atoms in total. The number of nitrogens with one attached hydrogen (secondary N) is 1. The zero-order valence-electron chi connectivity index (χ0n) is 15.9. The SMILES string of the molecule is NC1CCN(Cc2ccn3ncnc(Nc4cccc(-c5csnn5)c4)c23)CC1. The standard InChI is InChI=1S/C20H22N8S/c21-16-5-7-27(8-6-16)11-15-4-9-28-19(15)20(22-13-23-28)24-17-3-1-2-14(10-17)18-12-29-26-25-18/h1-4,9-10,12-13,16H,5-8,11,21H2,(H,22,23,24). The highest BCUT2D eigenvalue weighted by molar-refractivity contribution is 7.03. The van der Waals surface area contributed by atoms with Crippen LogP contribution in [0.25, 0.3) is 16.8 Å². The molecule has 0 radical (unpaired) electrons. The molecule has 3 aromatic heterocycles. The second-order valence-corrected chi connectivity index (χ2v) is 7.96. The minimum Gasteiger partial charge on any atom is -0.338 e. The number of anilines is 2. The molecule has 0 aliphatic carbocycles. The van der Waals surface area contributed by atoms with E-state index in [0.717, 1.165) is 60.8 Å². The van der Waals surface area contributed by atoms with Crippen LogP contribution in [0.3, 0.4) is 0 Å². The van der Waals surface area contributed by atoms with E-state index in [1.165, 1.54) is 17.1 Å². The summed E-state index contributed by atoms with van der Waals surface area (Å²) in [5.74, 6) is 0.794. The molecule has 0 saturated carbocycles. The molecule has 1 aliphatic heterocycles. The largest absolute Gasteiger partial charge is 0.338 e. The van der Waals surface area contributed by atoms with Gasteiger partial charge in [0.15, 0.2) is 5.82 Å². The number of nitrogens with zero attached hydrogens (tertiary/aromatic N) is 6. The number of fused-ring (bicyclic) bond motifs is 1. The van der Waals surface area contributed by atoms with Gasteiger partial charge in [0.1, 0.15) is 17.5 Å². The van der Waals surface area contributed by atoms with Gasteiger partial charge in [-0.1, -0.05) is 16.6 Å². The van der Waals surface area contributed by atoms with Gasteiger partial charge in [0.05, 0.1) is 0 Å². The number of aromatic nitrogens is 5. The topological polar surface area (TPSA) is 97.3 Å². The van der Waals surface area contributed by atoms with E-state index in [-0.39, 0.29) is 0 Å². The van der Waals surface area contributed by atoms with Crippen LogP contribution in [0.15, 0.2) is 48.2 Å². The van der Waals surface area contributed by atoms with Gasteiger partial charge in [-0.25, -0.2) is 9.50 Å². The molecule has 1 saturated heterocycles. The monoisotopic (exact) mass is 406 g/mol. The highest BCUT2D eigenvalue weighted by Crippen LogP contribution is 2.27. The van der Waals surface area contributed by atoms with Gasteiger partial charge in [-0.3, -0.25) is 4.90 Å². The average Bonchev–Trinajstić information content (AvgIpc) is 3.41. The fourth-order valence-electron chi connectivity index (χ4n) is 3.77. The zero-order chi connectivity index (χ0) is 19.6. The first-order valence-electron chi connectivity index (χ1n) is 9.70. The Morgan fingerprint density at radius 2 is 2.10 bits per heavy atom. The quantitative estimate of drug-likeness (QED) is 0.526. The lowest BCUT2D eigenvalue weighted by Gasteiger charge is -2.29. The summed E-state index contributed by atoms with van der Waals surface area (Å²) in [6.45, 7) is 2.92. The van der Waals surface area contributed by atoms with E-state index in [9.17, 15) is 0 Å². The Morgan fingerprint density at radius 3 is 2.93 bits per heavy atom. The van der Waals surface area contributed by atoms with Crippen LogP contribution in [0.4, 0.5) is 11.5 Å². The second-order valence-electron chi connectivity index (χ2n) is 7.35. The Labute approximate surface area is 172 Å². The molecular formula is C20H22N8S. The number of hydrogen-bond acceptors (Lipinski definition) is 8. The van der Waals surface area contributed by atoms with Gasteiger partial charge in [0.25, 0.3) is 0 Å². The molecule has 4 heterocycles. The molecule has 3 N–H and O–H groups in total.